The molecule has 0 aliphatic rings. The van der Waals surface area contributed by atoms with Gasteiger partial charge in [0.15, 0.2) is 5.96 Å². The van der Waals surface area contributed by atoms with Crippen LogP contribution in [0.25, 0.3) is 0 Å². The molecule has 1 aromatic carbocycles. The molecule has 5 nitrogen and oxygen atoms in total. The number of nitrogens with one attached hydrogen (secondary N) is 1. The molecule has 1 rings (SSSR count). The molecular formula is C14H21N3O2. The molecule has 0 atom stereocenters. The normalized spacial score (nSPS) is 10.9. The standard InChI is InChI=1S/C14H21N3O2/c1-14(2,10-17(3)13(15)16)12(18)19-9-11-7-5-4-6-8-11/h4-8H,9-10H2,1-3H3,(H3,15,16). The zero-order valence-electron chi connectivity index (χ0n) is 11.6. The summed E-state index contributed by atoms with van der Waals surface area (Å²) in [6.07, 6.45) is 0. The van der Waals surface area contributed by atoms with Crippen molar-refractivity contribution in [2.45, 2.75) is 20.5 Å². The highest BCUT2D eigenvalue weighted by atomic mass is 16.5. The molecule has 0 spiro atoms. The van der Waals surface area contributed by atoms with Crippen molar-refractivity contribution >= 4 is 11.9 Å². The van der Waals surface area contributed by atoms with E-state index in [1.165, 1.54) is 4.90 Å². The molecule has 0 unspecified atom stereocenters. The number of nitrogens with zero attached hydrogens (tertiary/aromatic N) is 1. The van der Waals surface area contributed by atoms with Gasteiger partial charge in [-0.3, -0.25) is 10.2 Å². The molecule has 0 saturated carbocycles. The van der Waals surface area contributed by atoms with Crippen LogP contribution in [0, 0.1) is 10.8 Å². The molecule has 0 amide bonds. The minimum atomic E-state index is -0.713. The number of ether oxygens (including phenoxy) is 1. The van der Waals surface area contributed by atoms with Crippen molar-refractivity contribution in [1.82, 2.24) is 4.90 Å². The molecule has 0 saturated heterocycles. The van der Waals surface area contributed by atoms with E-state index in [0.717, 1.165) is 5.56 Å². The molecule has 0 fully saturated rings. The molecule has 0 heterocycles. The Bertz CT molecular complexity index is 443. The molecule has 0 radical (unpaired) electrons. The lowest BCUT2D eigenvalue weighted by Gasteiger charge is -2.28. The maximum atomic E-state index is 12.0. The van der Waals surface area contributed by atoms with Crippen molar-refractivity contribution in [3.63, 3.8) is 0 Å². The average molecular weight is 263 g/mol. The quantitative estimate of drug-likeness (QED) is 0.480. The molecule has 0 aromatic heterocycles. The van der Waals surface area contributed by atoms with E-state index >= 15 is 0 Å². The maximum Gasteiger partial charge on any atom is 0.313 e. The fourth-order valence-electron chi connectivity index (χ4n) is 1.66. The summed E-state index contributed by atoms with van der Waals surface area (Å²) in [6.45, 7) is 4.16. The van der Waals surface area contributed by atoms with Gasteiger partial charge in [-0.25, -0.2) is 0 Å². The van der Waals surface area contributed by atoms with Crippen LogP contribution in [0.3, 0.4) is 0 Å². The van der Waals surface area contributed by atoms with Crippen molar-refractivity contribution in [3.8, 4) is 0 Å². The third kappa shape index (κ3) is 4.62. The van der Waals surface area contributed by atoms with E-state index in [1.807, 2.05) is 30.3 Å². The summed E-state index contributed by atoms with van der Waals surface area (Å²) in [7, 11) is 1.68. The minimum Gasteiger partial charge on any atom is -0.460 e. The van der Waals surface area contributed by atoms with Crippen LogP contribution in [0.5, 0.6) is 0 Å². The molecule has 0 aliphatic carbocycles. The van der Waals surface area contributed by atoms with Crippen molar-refractivity contribution < 1.29 is 9.53 Å². The van der Waals surface area contributed by atoms with Gasteiger partial charge >= 0.3 is 5.97 Å². The van der Waals surface area contributed by atoms with Crippen LogP contribution in [0.4, 0.5) is 0 Å². The summed E-state index contributed by atoms with van der Waals surface area (Å²) in [5.74, 6) is -0.367. The smallest absolute Gasteiger partial charge is 0.313 e. The van der Waals surface area contributed by atoms with Crippen LogP contribution in [0.15, 0.2) is 30.3 Å². The predicted molar refractivity (Wildman–Crippen MR) is 74.6 cm³/mol. The Hall–Kier alpha value is -2.04. The first-order valence-electron chi connectivity index (χ1n) is 6.09. The summed E-state index contributed by atoms with van der Waals surface area (Å²) < 4.78 is 5.30. The monoisotopic (exact) mass is 263 g/mol. The molecule has 0 aliphatic heterocycles. The number of rotatable bonds is 5. The number of esters is 1. The van der Waals surface area contributed by atoms with Gasteiger partial charge in [0.2, 0.25) is 0 Å². The summed E-state index contributed by atoms with van der Waals surface area (Å²) in [4.78, 5) is 13.6. The van der Waals surface area contributed by atoms with Crippen LogP contribution in [-0.2, 0) is 16.1 Å². The largest absolute Gasteiger partial charge is 0.460 e. The zero-order chi connectivity index (χ0) is 14.5. The Kier molecular flexibility index (Phi) is 4.92. The Morgan fingerprint density at radius 3 is 2.47 bits per heavy atom. The third-order valence-corrected chi connectivity index (χ3v) is 2.81. The third-order valence-electron chi connectivity index (χ3n) is 2.81. The van der Waals surface area contributed by atoms with Crippen LogP contribution in [-0.4, -0.2) is 30.4 Å². The lowest BCUT2D eigenvalue weighted by Crippen LogP contribution is -2.43. The van der Waals surface area contributed by atoms with E-state index in [1.54, 1.807) is 20.9 Å². The summed E-state index contributed by atoms with van der Waals surface area (Å²) in [5, 5.41) is 7.31. The fraction of sp³-hybridized carbons (Fsp3) is 0.429. The Morgan fingerprint density at radius 2 is 1.95 bits per heavy atom. The fourth-order valence-corrected chi connectivity index (χ4v) is 1.66. The SMILES string of the molecule is CN(CC(C)(C)C(=O)OCc1ccccc1)C(=N)N. The number of hydrogen-bond donors (Lipinski definition) is 2. The van der Waals surface area contributed by atoms with Gasteiger partial charge in [0.05, 0.1) is 5.41 Å². The highest BCUT2D eigenvalue weighted by molar-refractivity contribution is 5.78. The first-order chi connectivity index (χ1) is 8.83. The second-order valence-corrected chi connectivity index (χ2v) is 5.19. The van der Waals surface area contributed by atoms with E-state index in [9.17, 15) is 4.79 Å². The first-order valence-corrected chi connectivity index (χ1v) is 6.09. The van der Waals surface area contributed by atoms with Gasteiger partial charge in [0, 0.05) is 13.6 Å². The number of hydrogen-bond acceptors (Lipinski definition) is 3. The lowest BCUT2D eigenvalue weighted by molar-refractivity contribution is -0.155. The van der Waals surface area contributed by atoms with Crippen molar-refractivity contribution in [3.05, 3.63) is 35.9 Å². The number of benzene rings is 1. The van der Waals surface area contributed by atoms with Gasteiger partial charge in [-0.15, -0.1) is 0 Å². The van der Waals surface area contributed by atoms with Crippen LogP contribution in [0.2, 0.25) is 0 Å². The zero-order valence-corrected chi connectivity index (χ0v) is 11.6. The van der Waals surface area contributed by atoms with E-state index in [0.29, 0.717) is 6.54 Å². The topological polar surface area (TPSA) is 79.4 Å². The average Bonchev–Trinajstić information content (AvgIpc) is 2.36. The van der Waals surface area contributed by atoms with E-state index in [2.05, 4.69) is 0 Å². The van der Waals surface area contributed by atoms with Gasteiger partial charge in [-0.2, -0.15) is 0 Å². The Labute approximate surface area is 113 Å². The second-order valence-electron chi connectivity index (χ2n) is 5.19. The van der Waals surface area contributed by atoms with Gasteiger partial charge in [0.25, 0.3) is 0 Å². The molecule has 1 aromatic rings. The summed E-state index contributed by atoms with van der Waals surface area (Å²) in [6, 6.07) is 9.52. The van der Waals surface area contributed by atoms with Gasteiger partial charge in [0.1, 0.15) is 6.61 Å². The first kappa shape index (κ1) is 15.0. The minimum absolute atomic E-state index is 0.0658. The predicted octanol–water partition coefficient (Wildman–Crippen LogP) is 1.58. The van der Waals surface area contributed by atoms with E-state index in [-0.39, 0.29) is 18.5 Å². The molecular weight excluding hydrogens is 242 g/mol. The van der Waals surface area contributed by atoms with Gasteiger partial charge in [-0.1, -0.05) is 30.3 Å². The Balaban J connectivity index is 2.54. The molecule has 5 heteroatoms. The number of guanidine groups is 1. The maximum absolute atomic E-state index is 12.0. The van der Waals surface area contributed by atoms with Crippen LogP contribution >= 0.6 is 0 Å². The van der Waals surface area contributed by atoms with Gasteiger partial charge < -0.3 is 15.4 Å². The summed E-state index contributed by atoms with van der Waals surface area (Å²) in [5.41, 5.74) is 5.60. The van der Waals surface area contributed by atoms with E-state index < -0.39 is 5.41 Å². The molecule has 0 bridgehead atoms. The lowest BCUT2D eigenvalue weighted by atomic mass is 9.93. The van der Waals surface area contributed by atoms with E-state index in [4.69, 9.17) is 15.9 Å². The van der Waals surface area contributed by atoms with Crippen molar-refractivity contribution in [1.29, 1.82) is 5.41 Å². The number of nitrogens with two attached hydrogens (primary N) is 1. The molecule has 3 N–H and O–H groups in total. The highest BCUT2D eigenvalue weighted by Gasteiger charge is 2.31. The highest BCUT2D eigenvalue weighted by Crippen LogP contribution is 2.19. The molecule has 104 valence electrons. The van der Waals surface area contributed by atoms with Crippen LogP contribution < -0.4 is 5.73 Å². The van der Waals surface area contributed by atoms with Crippen LogP contribution in [0.1, 0.15) is 19.4 Å². The van der Waals surface area contributed by atoms with Crippen molar-refractivity contribution in [2.75, 3.05) is 13.6 Å². The number of carbonyl (C=O) groups excluding carboxylic acids is 1. The molecule has 19 heavy (non-hydrogen) atoms. The van der Waals surface area contributed by atoms with Gasteiger partial charge in [-0.05, 0) is 19.4 Å². The van der Waals surface area contributed by atoms with Crippen molar-refractivity contribution in [2.24, 2.45) is 11.1 Å². The summed E-state index contributed by atoms with van der Waals surface area (Å²) >= 11 is 0. The Morgan fingerprint density at radius 1 is 1.37 bits per heavy atom. The second kappa shape index (κ2) is 6.22. The number of carbonyl (C=O) groups is 1.